The van der Waals surface area contributed by atoms with E-state index in [1.807, 2.05) is 6.07 Å². The zero-order valence-electron chi connectivity index (χ0n) is 24.4. The van der Waals surface area contributed by atoms with Gasteiger partial charge >= 0.3 is 13.4 Å². The van der Waals surface area contributed by atoms with Gasteiger partial charge in [0.2, 0.25) is 0 Å². The van der Waals surface area contributed by atoms with Gasteiger partial charge in [0.05, 0.1) is 40.1 Å². The Morgan fingerprint density at radius 2 is 1.77 bits per heavy atom. The molecule has 0 radical (unpaired) electrons. The van der Waals surface area contributed by atoms with Crippen molar-refractivity contribution in [2.45, 2.75) is 47.1 Å². The summed E-state index contributed by atoms with van der Waals surface area (Å²) in [6.07, 6.45) is -0.146. The van der Waals surface area contributed by atoms with Crippen molar-refractivity contribution in [3.63, 3.8) is 0 Å². The van der Waals surface area contributed by atoms with Crippen LogP contribution in [0, 0.1) is 41.4 Å². The molecule has 1 aliphatic rings. The average molecular weight is 596 g/mol. The number of carboxylic acid groups (broad SMARTS) is 1. The van der Waals surface area contributed by atoms with Gasteiger partial charge in [-0.1, -0.05) is 24.3 Å². The van der Waals surface area contributed by atoms with Crippen LogP contribution in [0.5, 0.6) is 5.75 Å². The monoisotopic (exact) mass is 596 g/mol. The number of hydrogen-bond acceptors (Lipinski definition) is 7. The molecule has 4 rings (SSSR count). The first-order valence-electron chi connectivity index (χ1n) is 13.5. The fourth-order valence-corrected chi connectivity index (χ4v) is 5.36. The van der Waals surface area contributed by atoms with Gasteiger partial charge in [0.15, 0.2) is 0 Å². The lowest BCUT2D eigenvalue weighted by Gasteiger charge is -2.19. The van der Waals surface area contributed by atoms with Crippen LogP contribution in [0.25, 0.3) is 5.57 Å². The SMILES string of the molecule is CC1=N/C(=C(/c2ccc(CN(N=O)c3ccc(O)c(CCC(=O)O)c3)cc2)c2c(C)c(C#N)c(C)n2B(F)F)C(C)=C1C#N. The van der Waals surface area contributed by atoms with Gasteiger partial charge in [-0.25, -0.2) is 5.01 Å². The second-order valence-corrected chi connectivity index (χ2v) is 10.3. The highest BCUT2D eigenvalue weighted by Gasteiger charge is 2.33. The Labute approximate surface area is 252 Å². The number of aliphatic imine (C=N–C) groups is 1. The van der Waals surface area contributed by atoms with Crippen molar-refractivity contribution in [1.29, 1.82) is 10.5 Å². The summed E-state index contributed by atoms with van der Waals surface area (Å²) in [6, 6.07) is 15.2. The van der Waals surface area contributed by atoms with Gasteiger partial charge in [-0.3, -0.25) is 18.4 Å². The number of aryl methyl sites for hydroxylation is 1. The van der Waals surface area contributed by atoms with E-state index in [0.717, 1.165) is 9.49 Å². The molecule has 1 aromatic heterocycles. The maximum Gasteiger partial charge on any atom is 0.677 e. The third-order valence-electron chi connectivity index (χ3n) is 7.60. The van der Waals surface area contributed by atoms with E-state index < -0.39 is 13.4 Å². The molecule has 0 atom stereocenters. The van der Waals surface area contributed by atoms with Crippen molar-refractivity contribution in [3.8, 4) is 17.9 Å². The molecule has 0 fully saturated rings. The van der Waals surface area contributed by atoms with E-state index in [4.69, 9.17) is 5.11 Å². The van der Waals surface area contributed by atoms with E-state index in [-0.39, 0.29) is 42.1 Å². The molecule has 2 heterocycles. The van der Waals surface area contributed by atoms with E-state index in [2.05, 4.69) is 16.3 Å². The number of anilines is 1. The lowest BCUT2D eigenvalue weighted by molar-refractivity contribution is -0.136. The Morgan fingerprint density at radius 3 is 2.32 bits per heavy atom. The summed E-state index contributed by atoms with van der Waals surface area (Å²) < 4.78 is 29.8. The van der Waals surface area contributed by atoms with Crippen molar-refractivity contribution in [1.82, 2.24) is 4.48 Å². The van der Waals surface area contributed by atoms with Gasteiger partial charge in [0.1, 0.15) is 17.9 Å². The molecule has 2 aromatic carbocycles. The molecule has 0 spiro atoms. The number of allylic oxidation sites excluding steroid dienone is 2. The molecule has 2 N–H and O–H groups in total. The molecule has 0 amide bonds. The number of nitriles is 2. The second kappa shape index (κ2) is 12.8. The van der Waals surface area contributed by atoms with Crippen LogP contribution in [0.4, 0.5) is 14.3 Å². The summed E-state index contributed by atoms with van der Waals surface area (Å²) in [5.74, 6) is -1.13. The van der Waals surface area contributed by atoms with Gasteiger partial charge in [0.25, 0.3) is 0 Å². The molecule has 222 valence electrons. The van der Waals surface area contributed by atoms with Crippen LogP contribution in [-0.4, -0.2) is 33.8 Å². The highest BCUT2D eigenvalue weighted by Crippen LogP contribution is 2.40. The van der Waals surface area contributed by atoms with Crippen molar-refractivity contribution in [3.05, 3.63) is 103 Å². The van der Waals surface area contributed by atoms with Gasteiger partial charge in [-0.05, 0) is 80.1 Å². The van der Waals surface area contributed by atoms with E-state index >= 15 is 0 Å². The lowest BCUT2D eigenvalue weighted by atomic mass is 9.92. The molecule has 0 saturated heterocycles. The maximum absolute atomic E-state index is 14.5. The predicted octanol–water partition coefficient (Wildman–Crippen LogP) is 6.23. The van der Waals surface area contributed by atoms with Crippen LogP contribution in [0.2, 0.25) is 0 Å². The molecular formula is C31H27BF2N6O4. The van der Waals surface area contributed by atoms with Gasteiger partial charge in [-0.2, -0.15) is 10.5 Å². The minimum Gasteiger partial charge on any atom is -0.508 e. The standard InChI is InChI=1S/C31H27BF2N6O4/c1-17-25(14-35)19(3)37-30(17)29(31-18(2)26(15-36)20(4)40(31)32(33)34)22-7-5-21(6-8-22)16-39(38-44)24-10-11-27(41)23(13-24)9-12-28(42)43/h5-8,10-11,13,41H,9,12,16H2,1-4H3,(H,42,43)/b30-29-. The molecule has 0 unspecified atom stereocenters. The third kappa shape index (κ3) is 5.85. The number of nitrogens with zero attached hydrogens (tertiary/aromatic N) is 6. The summed E-state index contributed by atoms with van der Waals surface area (Å²) in [5.41, 5.74) is 4.48. The Hall–Kier alpha value is -5.56. The number of benzene rings is 2. The summed E-state index contributed by atoms with van der Waals surface area (Å²) in [4.78, 5) is 27.4. The van der Waals surface area contributed by atoms with Crippen LogP contribution >= 0.6 is 0 Å². The minimum atomic E-state index is -2.95. The number of carboxylic acids is 1. The number of phenolic OH excluding ortho intramolecular Hbond substituents is 1. The topological polar surface area (TPSA) is 155 Å². The van der Waals surface area contributed by atoms with Crippen LogP contribution in [0.3, 0.4) is 0 Å². The van der Waals surface area contributed by atoms with Crippen LogP contribution < -0.4 is 5.01 Å². The fourth-order valence-electron chi connectivity index (χ4n) is 5.36. The van der Waals surface area contributed by atoms with Crippen LogP contribution in [-0.2, 0) is 17.8 Å². The number of nitroso groups, excluding NO2 is 1. The van der Waals surface area contributed by atoms with Crippen molar-refractivity contribution >= 4 is 30.3 Å². The van der Waals surface area contributed by atoms with Gasteiger partial charge < -0.3 is 14.7 Å². The Morgan fingerprint density at radius 1 is 1.09 bits per heavy atom. The Balaban J connectivity index is 1.81. The average Bonchev–Trinajstić information content (AvgIpc) is 3.41. The smallest absolute Gasteiger partial charge is 0.508 e. The molecule has 0 saturated carbocycles. The van der Waals surface area contributed by atoms with Crippen LogP contribution in [0.15, 0.2) is 69.6 Å². The minimum absolute atomic E-state index is 0.0116. The highest BCUT2D eigenvalue weighted by atomic mass is 19.2. The lowest BCUT2D eigenvalue weighted by Crippen LogP contribution is -2.18. The highest BCUT2D eigenvalue weighted by molar-refractivity contribution is 6.41. The number of phenols is 1. The first-order valence-corrected chi connectivity index (χ1v) is 13.5. The number of aromatic nitrogens is 1. The third-order valence-corrected chi connectivity index (χ3v) is 7.60. The number of rotatable bonds is 10. The molecule has 1 aliphatic heterocycles. The quantitative estimate of drug-likeness (QED) is 0.160. The molecule has 13 heteroatoms. The Bertz CT molecular complexity index is 1850. The number of halogens is 2. The molecular weight excluding hydrogens is 569 g/mol. The summed E-state index contributed by atoms with van der Waals surface area (Å²) in [7, 11) is -2.95. The summed E-state index contributed by atoms with van der Waals surface area (Å²) >= 11 is 0. The molecule has 3 aromatic rings. The van der Waals surface area contributed by atoms with E-state index in [1.165, 1.54) is 25.1 Å². The van der Waals surface area contributed by atoms with E-state index in [1.54, 1.807) is 45.0 Å². The van der Waals surface area contributed by atoms with Crippen molar-refractivity contribution in [2.75, 3.05) is 5.01 Å². The zero-order valence-corrected chi connectivity index (χ0v) is 24.4. The van der Waals surface area contributed by atoms with Gasteiger partial charge in [-0.15, -0.1) is 4.91 Å². The Kier molecular flexibility index (Phi) is 9.10. The predicted molar refractivity (Wildman–Crippen MR) is 162 cm³/mol. The second-order valence-electron chi connectivity index (χ2n) is 10.3. The number of aromatic hydroxyl groups is 1. The number of aliphatic carboxylic acids is 1. The molecule has 0 aliphatic carbocycles. The molecule has 0 bridgehead atoms. The zero-order chi connectivity index (χ0) is 32.3. The van der Waals surface area contributed by atoms with Crippen molar-refractivity contribution in [2.24, 2.45) is 10.3 Å². The first-order chi connectivity index (χ1) is 20.9. The van der Waals surface area contributed by atoms with Gasteiger partial charge in [0, 0.05) is 23.4 Å². The summed E-state index contributed by atoms with van der Waals surface area (Å²) in [6.45, 7) is 6.42. The molecule has 44 heavy (non-hydrogen) atoms. The normalized spacial score (nSPS) is 13.7. The number of hydrogen-bond donors (Lipinski definition) is 2. The maximum atomic E-state index is 14.5. The van der Waals surface area contributed by atoms with E-state index in [9.17, 15) is 34.0 Å². The fraction of sp³-hybridized carbons (Fsp3) is 0.226. The van der Waals surface area contributed by atoms with E-state index in [0.29, 0.717) is 56.1 Å². The largest absolute Gasteiger partial charge is 0.677 e. The first kappa shape index (κ1) is 31.4. The molecule has 10 nitrogen and oxygen atoms in total. The number of carbonyl (C=O) groups is 1. The van der Waals surface area contributed by atoms with Crippen molar-refractivity contribution < 1.29 is 23.6 Å². The van der Waals surface area contributed by atoms with Crippen LogP contribution in [0.1, 0.15) is 59.5 Å². The summed E-state index contributed by atoms with van der Waals surface area (Å²) in [5, 5.41) is 42.8.